The van der Waals surface area contributed by atoms with Crippen molar-refractivity contribution in [2.75, 3.05) is 0 Å². The lowest BCUT2D eigenvalue weighted by atomic mass is 9.84. The first kappa shape index (κ1) is 16.8. The summed E-state index contributed by atoms with van der Waals surface area (Å²) in [5, 5.41) is 12.4. The number of carbonyl (C=O) groups is 2. The molecular weight excluding hydrogens is 336 g/mol. The second-order valence-corrected chi connectivity index (χ2v) is 7.32. The maximum absolute atomic E-state index is 13.0. The zero-order valence-electron chi connectivity index (χ0n) is 14.6. The molecule has 3 heterocycles. The van der Waals surface area contributed by atoms with E-state index in [0.717, 1.165) is 25.7 Å². The highest BCUT2D eigenvalue weighted by atomic mass is 16.4. The third kappa shape index (κ3) is 2.60. The maximum atomic E-state index is 13.0. The van der Waals surface area contributed by atoms with E-state index in [1.807, 2.05) is 0 Å². The first-order valence-electron chi connectivity index (χ1n) is 9.07. The zero-order chi connectivity index (χ0) is 18.4. The summed E-state index contributed by atoms with van der Waals surface area (Å²) in [7, 11) is 0. The van der Waals surface area contributed by atoms with E-state index in [-0.39, 0.29) is 29.8 Å². The third-order valence-corrected chi connectivity index (χ3v) is 5.83. The van der Waals surface area contributed by atoms with E-state index in [1.54, 1.807) is 19.2 Å². The number of likely N-dealkylation sites (tertiary alicyclic amines) is 1. The van der Waals surface area contributed by atoms with Gasteiger partial charge in [-0.05, 0) is 32.1 Å². The van der Waals surface area contributed by atoms with Crippen LogP contribution >= 0.6 is 0 Å². The van der Waals surface area contributed by atoms with Crippen molar-refractivity contribution in [1.29, 1.82) is 0 Å². The zero-order valence-corrected chi connectivity index (χ0v) is 14.6. The molecule has 4 rings (SSSR count). The summed E-state index contributed by atoms with van der Waals surface area (Å²) < 4.78 is 1.30. The Labute approximate surface area is 149 Å². The normalized spacial score (nSPS) is 25.4. The molecule has 8 heteroatoms. The second kappa shape index (κ2) is 6.26. The lowest BCUT2D eigenvalue weighted by molar-refractivity contribution is -0.149. The van der Waals surface area contributed by atoms with Crippen molar-refractivity contribution in [3.63, 3.8) is 0 Å². The minimum Gasteiger partial charge on any atom is -0.480 e. The number of hydrogen-bond acceptors (Lipinski definition) is 4. The Morgan fingerprint density at radius 1 is 1.35 bits per heavy atom. The molecule has 1 aliphatic carbocycles. The summed E-state index contributed by atoms with van der Waals surface area (Å²) in [5.41, 5.74) is 1.02. The highest BCUT2D eigenvalue weighted by Crippen LogP contribution is 2.40. The molecule has 26 heavy (non-hydrogen) atoms. The molecule has 0 aromatic carbocycles. The van der Waals surface area contributed by atoms with E-state index in [0.29, 0.717) is 23.3 Å². The Balaban J connectivity index is 1.66. The van der Waals surface area contributed by atoms with Crippen LogP contribution in [0.25, 0.3) is 5.65 Å². The predicted octanol–water partition coefficient (Wildman–Crippen LogP) is 1.12. The third-order valence-electron chi connectivity index (χ3n) is 5.83. The van der Waals surface area contributed by atoms with E-state index in [9.17, 15) is 19.5 Å². The van der Waals surface area contributed by atoms with Crippen LogP contribution in [-0.4, -0.2) is 48.6 Å². The van der Waals surface area contributed by atoms with Crippen molar-refractivity contribution in [2.24, 2.45) is 5.92 Å². The number of carboxylic acid groups (broad SMARTS) is 1. The number of carbonyl (C=O) groups excluding carboxylic acids is 1. The van der Waals surface area contributed by atoms with Crippen molar-refractivity contribution in [3.05, 3.63) is 33.9 Å². The number of amides is 1. The van der Waals surface area contributed by atoms with E-state index in [2.05, 4.69) is 10.1 Å². The van der Waals surface area contributed by atoms with E-state index >= 15 is 0 Å². The number of hydrogen-bond donors (Lipinski definition) is 2. The van der Waals surface area contributed by atoms with Gasteiger partial charge in [0.05, 0.1) is 6.42 Å². The number of nitrogens with one attached hydrogen (secondary N) is 1. The molecule has 3 atom stereocenters. The van der Waals surface area contributed by atoms with Gasteiger partial charge in [-0.25, -0.2) is 14.3 Å². The number of carboxylic acids is 1. The van der Waals surface area contributed by atoms with Gasteiger partial charge in [0.2, 0.25) is 5.91 Å². The van der Waals surface area contributed by atoms with Crippen LogP contribution in [0.15, 0.2) is 17.1 Å². The molecule has 2 aromatic heterocycles. The summed E-state index contributed by atoms with van der Waals surface area (Å²) in [4.78, 5) is 43.3. The number of aromatic amines is 1. The molecule has 2 aliphatic rings. The molecular formula is C18H22N4O4. The molecule has 0 spiro atoms. The van der Waals surface area contributed by atoms with Crippen molar-refractivity contribution in [3.8, 4) is 0 Å². The van der Waals surface area contributed by atoms with Crippen LogP contribution in [-0.2, 0) is 16.0 Å². The lowest BCUT2D eigenvalue weighted by Crippen LogP contribution is -2.47. The molecule has 0 bridgehead atoms. The van der Waals surface area contributed by atoms with E-state index in [4.69, 9.17) is 0 Å². The number of aromatic nitrogens is 3. The Morgan fingerprint density at radius 2 is 2.12 bits per heavy atom. The molecule has 3 unspecified atom stereocenters. The van der Waals surface area contributed by atoms with Gasteiger partial charge in [0, 0.05) is 29.6 Å². The molecule has 1 aliphatic heterocycles. The summed E-state index contributed by atoms with van der Waals surface area (Å²) >= 11 is 0. The molecule has 2 aromatic rings. The summed E-state index contributed by atoms with van der Waals surface area (Å²) in [6.07, 6.45) is 5.91. The standard InChI is InChI=1S/C18H22N4O4/c1-10-12(17(24)22-15(20-10)6-7-19-22)9-16(23)21-13-5-3-2-4-11(13)8-14(21)18(25)26/h6-7,11,13-14,19H,2-5,8-9H2,1H3,(H,25,26). The maximum Gasteiger partial charge on any atom is 0.326 e. The van der Waals surface area contributed by atoms with Gasteiger partial charge in [-0.3, -0.25) is 14.7 Å². The average Bonchev–Trinajstić information content (AvgIpc) is 3.22. The van der Waals surface area contributed by atoms with Gasteiger partial charge in [-0.2, -0.15) is 0 Å². The first-order valence-corrected chi connectivity index (χ1v) is 9.07. The molecule has 8 nitrogen and oxygen atoms in total. The molecule has 138 valence electrons. The average molecular weight is 358 g/mol. The van der Waals surface area contributed by atoms with Gasteiger partial charge in [-0.15, -0.1) is 0 Å². The van der Waals surface area contributed by atoms with E-state index < -0.39 is 12.0 Å². The minimum absolute atomic E-state index is 0.0254. The van der Waals surface area contributed by atoms with Gasteiger partial charge >= 0.3 is 5.97 Å². The SMILES string of the molecule is Cc1nc2cc[nH]n2c(=O)c1CC(=O)N1C(C(=O)O)CC2CCCCC21. The highest BCUT2D eigenvalue weighted by Gasteiger charge is 2.47. The van der Waals surface area contributed by atoms with Crippen molar-refractivity contribution >= 4 is 17.5 Å². The van der Waals surface area contributed by atoms with Crippen LogP contribution in [0.1, 0.15) is 43.4 Å². The number of aryl methyl sites for hydroxylation is 1. The fourth-order valence-electron chi connectivity index (χ4n) is 4.59. The number of aliphatic carboxylic acids is 1. The largest absolute Gasteiger partial charge is 0.480 e. The molecule has 1 saturated carbocycles. The van der Waals surface area contributed by atoms with Crippen molar-refractivity contribution in [1.82, 2.24) is 19.5 Å². The molecule has 2 fully saturated rings. The Bertz CT molecular complexity index is 931. The van der Waals surface area contributed by atoms with Gasteiger partial charge in [-0.1, -0.05) is 12.8 Å². The fourth-order valence-corrected chi connectivity index (χ4v) is 4.59. The summed E-state index contributed by atoms with van der Waals surface area (Å²) in [6.45, 7) is 1.71. The van der Waals surface area contributed by atoms with Gasteiger partial charge in [0.15, 0.2) is 5.65 Å². The smallest absolute Gasteiger partial charge is 0.326 e. The topological polar surface area (TPSA) is 108 Å². The Hall–Kier alpha value is -2.64. The van der Waals surface area contributed by atoms with Crippen molar-refractivity contribution < 1.29 is 14.7 Å². The van der Waals surface area contributed by atoms with Crippen LogP contribution in [0.3, 0.4) is 0 Å². The molecule has 2 N–H and O–H groups in total. The number of H-pyrrole nitrogens is 1. The van der Waals surface area contributed by atoms with Crippen molar-refractivity contribution in [2.45, 2.75) is 57.5 Å². The van der Waals surface area contributed by atoms with Crippen LogP contribution in [0.4, 0.5) is 0 Å². The number of rotatable bonds is 3. The Kier molecular flexibility index (Phi) is 4.05. The second-order valence-electron chi connectivity index (χ2n) is 7.32. The van der Waals surface area contributed by atoms with Crippen LogP contribution < -0.4 is 5.56 Å². The van der Waals surface area contributed by atoms with E-state index in [1.165, 1.54) is 9.42 Å². The van der Waals surface area contributed by atoms with Crippen LogP contribution in [0.2, 0.25) is 0 Å². The summed E-state index contributed by atoms with van der Waals surface area (Å²) in [5.74, 6) is -1.00. The monoisotopic (exact) mass is 358 g/mol. The van der Waals surface area contributed by atoms with Gasteiger partial charge in [0.1, 0.15) is 6.04 Å². The van der Waals surface area contributed by atoms with Gasteiger partial charge < -0.3 is 10.0 Å². The van der Waals surface area contributed by atoms with Gasteiger partial charge in [0.25, 0.3) is 5.56 Å². The fraction of sp³-hybridized carbons (Fsp3) is 0.556. The molecule has 0 radical (unpaired) electrons. The quantitative estimate of drug-likeness (QED) is 0.855. The predicted molar refractivity (Wildman–Crippen MR) is 92.9 cm³/mol. The number of nitrogens with zero attached hydrogens (tertiary/aromatic N) is 3. The summed E-state index contributed by atoms with van der Waals surface area (Å²) in [6, 6.07) is 0.872. The first-order chi connectivity index (χ1) is 12.5. The highest BCUT2D eigenvalue weighted by molar-refractivity contribution is 5.86. The number of fused-ring (bicyclic) bond motifs is 2. The molecule has 1 saturated heterocycles. The van der Waals surface area contributed by atoms with Crippen LogP contribution in [0, 0.1) is 12.8 Å². The van der Waals surface area contributed by atoms with Crippen LogP contribution in [0.5, 0.6) is 0 Å². The minimum atomic E-state index is -0.959. The molecule has 1 amide bonds. The Morgan fingerprint density at radius 3 is 2.88 bits per heavy atom. The lowest BCUT2D eigenvalue weighted by Gasteiger charge is -2.33.